The van der Waals surface area contributed by atoms with Crippen LogP contribution in [-0.2, 0) is 13.0 Å². The number of methoxy groups -OCH3 is 1. The second-order valence-corrected chi connectivity index (χ2v) is 8.37. The molecule has 2 aromatic carbocycles. The van der Waals surface area contributed by atoms with Crippen molar-refractivity contribution in [3.8, 4) is 17.2 Å². The predicted molar refractivity (Wildman–Crippen MR) is 117 cm³/mol. The van der Waals surface area contributed by atoms with Gasteiger partial charge in [-0.1, -0.05) is 30.3 Å². The summed E-state index contributed by atoms with van der Waals surface area (Å²) in [7, 11) is 1.60. The van der Waals surface area contributed by atoms with Gasteiger partial charge >= 0.3 is 5.97 Å². The average Bonchev–Trinajstić information content (AvgIpc) is 3.33. The molecule has 0 unspecified atom stereocenters. The Labute approximate surface area is 188 Å². The van der Waals surface area contributed by atoms with E-state index in [1.807, 2.05) is 31.2 Å². The summed E-state index contributed by atoms with van der Waals surface area (Å²) < 4.78 is 17.7. The number of carbonyl (C=O) groups is 1. The van der Waals surface area contributed by atoms with Gasteiger partial charge in [0, 0.05) is 22.4 Å². The highest BCUT2D eigenvalue weighted by molar-refractivity contribution is 7.99. The van der Waals surface area contributed by atoms with Crippen LogP contribution in [0.2, 0.25) is 5.02 Å². The molecule has 31 heavy (non-hydrogen) atoms. The molecular formula is C22H21ClN2O5S. The van der Waals surface area contributed by atoms with Crippen LogP contribution in [0.1, 0.15) is 35.2 Å². The van der Waals surface area contributed by atoms with Crippen molar-refractivity contribution in [1.29, 1.82) is 0 Å². The normalized spacial score (nSPS) is 12.2. The molecule has 0 amide bonds. The number of nitrogens with zero attached hydrogens (tertiary/aromatic N) is 2. The second-order valence-electron chi connectivity index (χ2n) is 6.90. The van der Waals surface area contributed by atoms with Gasteiger partial charge < -0.3 is 23.9 Å². The first-order valence-electron chi connectivity index (χ1n) is 9.72. The molecule has 4 rings (SSSR count). The minimum Gasteiger partial charge on any atom is -0.497 e. The van der Waals surface area contributed by atoms with Gasteiger partial charge in [0.05, 0.1) is 13.7 Å². The van der Waals surface area contributed by atoms with Crippen LogP contribution < -0.4 is 14.2 Å². The van der Waals surface area contributed by atoms with Crippen molar-refractivity contribution in [3.63, 3.8) is 0 Å². The van der Waals surface area contributed by atoms with Gasteiger partial charge in [-0.05, 0) is 42.3 Å². The first-order chi connectivity index (χ1) is 15.0. The fraction of sp³-hybridized carbons (Fsp3) is 0.273. The van der Waals surface area contributed by atoms with Gasteiger partial charge in [-0.2, -0.15) is 0 Å². The van der Waals surface area contributed by atoms with E-state index in [0.717, 1.165) is 22.6 Å². The molecular weight excluding hydrogens is 440 g/mol. The van der Waals surface area contributed by atoms with E-state index in [4.69, 9.17) is 25.8 Å². The molecule has 1 aromatic heterocycles. The zero-order valence-electron chi connectivity index (χ0n) is 17.1. The molecule has 1 N–H and O–H groups in total. The molecule has 7 nitrogen and oxygen atoms in total. The number of fused-ring (bicyclic) bond motifs is 1. The minimum atomic E-state index is -1.04. The Morgan fingerprint density at radius 2 is 1.97 bits per heavy atom. The first kappa shape index (κ1) is 21.4. The number of hydrogen-bond donors (Lipinski definition) is 1. The highest BCUT2D eigenvalue weighted by Gasteiger charge is 2.25. The molecule has 9 heteroatoms. The lowest BCUT2D eigenvalue weighted by Gasteiger charge is -2.12. The molecule has 2 heterocycles. The molecule has 1 aliphatic heterocycles. The lowest BCUT2D eigenvalue weighted by molar-refractivity contribution is 0.0681. The van der Waals surface area contributed by atoms with Gasteiger partial charge in [0.15, 0.2) is 17.2 Å². The van der Waals surface area contributed by atoms with Crippen molar-refractivity contribution < 1.29 is 24.1 Å². The Bertz CT molecular complexity index is 1110. The van der Waals surface area contributed by atoms with E-state index in [9.17, 15) is 9.90 Å². The SMILES string of the molecule is CCCc1nc(Sc2ccc(OC)cc2)c(C(=O)O)n1Cc1cc2c(cc1Cl)OCO2. The first-order valence-corrected chi connectivity index (χ1v) is 10.9. The number of ether oxygens (including phenoxy) is 3. The maximum Gasteiger partial charge on any atom is 0.355 e. The maximum absolute atomic E-state index is 12.2. The zero-order valence-corrected chi connectivity index (χ0v) is 18.6. The van der Waals surface area contributed by atoms with Crippen molar-refractivity contribution in [2.75, 3.05) is 13.9 Å². The van der Waals surface area contributed by atoms with Gasteiger partial charge in [0.1, 0.15) is 16.6 Å². The summed E-state index contributed by atoms with van der Waals surface area (Å²) in [6.45, 7) is 2.44. The summed E-state index contributed by atoms with van der Waals surface area (Å²) in [5, 5.41) is 10.9. The third-order valence-corrected chi connectivity index (χ3v) is 6.17. The summed E-state index contributed by atoms with van der Waals surface area (Å²) in [5.41, 5.74) is 0.877. The van der Waals surface area contributed by atoms with Crippen LogP contribution in [0, 0.1) is 0 Å². The Balaban J connectivity index is 1.73. The molecule has 0 bridgehead atoms. The molecule has 0 radical (unpaired) electrons. The summed E-state index contributed by atoms with van der Waals surface area (Å²) in [5.74, 6) is 1.58. The maximum atomic E-state index is 12.2. The van der Waals surface area contributed by atoms with E-state index in [-0.39, 0.29) is 19.0 Å². The van der Waals surface area contributed by atoms with E-state index in [1.54, 1.807) is 23.8 Å². The number of aryl methyl sites for hydroxylation is 1. The Morgan fingerprint density at radius 1 is 1.26 bits per heavy atom. The third kappa shape index (κ3) is 4.45. The average molecular weight is 461 g/mol. The highest BCUT2D eigenvalue weighted by Crippen LogP contribution is 2.38. The number of carboxylic acid groups (broad SMARTS) is 1. The minimum absolute atomic E-state index is 0.137. The lowest BCUT2D eigenvalue weighted by Crippen LogP contribution is -2.13. The van der Waals surface area contributed by atoms with E-state index < -0.39 is 5.97 Å². The quantitative estimate of drug-likeness (QED) is 0.499. The number of benzene rings is 2. The standard InChI is InChI=1S/C22H21ClN2O5S/c1-3-4-19-24-21(31-15-7-5-14(28-2)6-8-15)20(22(26)27)25(19)11-13-9-17-18(10-16(13)23)30-12-29-17/h5-10H,3-4,11-12H2,1-2H3,(H,26,27). The highest BCUT2D eigenvalue weighted by atomic mass is 35.5. The zero-order chi connectivity index (χ0) is 22.0. The van der Waals surface area contributed by atoms with Gasteiger partial charge in [0.25, 0.3) is 0 Å². The van der Waals surface area contributed by atoms with Gasteiger partial charge in [-0.15, -0.1) is 0 Å². The van der Waals surface area contributed by atoms with E-state index in [2.05, 4.69) is 4.98 Å². The Hall–Kier alpha value is -2.84. The van der Waals surface area contributed by atoms with E-state index >= 15 is 0 Å². The molecule has 162 valence electrons. The third-order valence-electron chi connectivity index (χ3n) is 4.83. The van der Waals surface area contributed by atoms with Crippen LogP contribution in [0.4, 0.5) is 0 Å². The van der Waals surface area contributed by atoms with Crippen molar-refractivity contribution in [2.45, 2.75) is 36.2 Å². The van der Waals surface area contributed by atoms with Crippen LogP contribution in [-0.4, -0.2) is 34.5 Å². The number of rotatable bonds is 8. The monoisotopic (exact) mass is 460 g/mol. The number of aromatic carboxylic acids is 1. The smallest absolute Gasteiger partial charge is 0.355 e. The Morgan fingerprint density at radius 3 is 2.61 bits per heavy atom. The second kappa shape index (κ2) is 9.11. The molecule has 0 fully saturated rings. The summed E-state index contributed by atoms with van der Waals surface area (Å²) in [6, 6.07) is 10.9. The lowest BCUT2D eigenvalue weighted by atomic mass is 10.2. The van der Waals surface area contributed by atoms with Gasteiger partial charge in [0.2, 0.25) is 6.79 Å². The van der Waals surface area contributed by atoms with E-state index in [0.29, 0.717) is 33.8 Å². The van der Waals surface area contributed by atoms with Gasteiger partial charge in [-0.3, -0.25) is 0 Å². The summed E-state index contributed by atoms with van der Waals surface area (Å²) in [4.78, 5) is 17.8. The van der Waals surface area contributed by atoms with Crippen molar-refractivity contribution in [1.82, 2.24) is 9.55 Å². The summed E-state index contributed by atoms with van der Waals surface area (Å²) in [6.07, 6.45) is 1.48. The Kier molecular flexibility index (Phi) is 6.29. The van der Waals surface area contributed by atoms with Crippen LogP contribution in [0.5, 0.6) is 17.2 Å². The fourth-order valence-corrected chi connectivity index (χ4v) is 4.50. The summed E-state index contributed by atoms with van der Waals surface area (Å²) >= 11 is 7.76. The van der Waals surface area contributed by atoms with Crippen molar-refractivity contribution >= 4 is 29.3 Å². The van der Waals surface area contributed by atoms with E-state index in [1.165, 1.54) is 11.8 Å². The molecule has 0 spiro atoms. The predicted octanol–water partition coefficient (Wildman–Crippen LogP) is 5.12. The van der Waals surface area contributed by atoms with Crippen LogP contribution in [0.15, 0.2) is 46.3 Å². The van der Waals surface area contributed by atoms with Crippen molar-refractivity contribution in [2.24, 2.45) is 0 Å². The topological polar surface area (TPSA) is 82.8 Å². The largest absolute Gasteiger partial charge is 0.497 e. The number of halogens is 1. The molecule has 0 atom stereocenters. The molecule has 0 saturated heterocycles. The molecule has 1 aliphatic rings. The molecule has 0 aliphatic carbocycles. The number of imidazole rings is 1. The molecule has 3 aromatic rings. The molecule has 0 saturated carbocycles. The number of hydrogen-bond acceptors (Lipinski definition) is 6. The van der Waals surface area contributed by atoms with Crippen LogP contribution in [0.25, 0.3) is 0 Å². The number of carboxylic acids is 1. The van der Waals surface area contributed by atoms with Crippen molar-refractivity contribution in [3.05, 3.63) is 58.5 Å². The fourth-order valence-electron chi connectivity index (χ4n) is 3.34. The van der Waals surface area contributed by atoms with Crippen LogP contribution >= 0.6 is 23.4 Å². The van der Waals surface area contributed by atoms with Crippen LogP contribution in [0.3, 0.4) is 0 Å². The van der Waals surface area contributed by atoms with Gasteiger partial charge in [-0.25, -0.2) is 9.78 Å². The number of aromatic nitrogens is 2.